The van der Waals surface area contributed by atoms with Gasteiger partial charge in [0, 0.05) is 21.0 Å². The minimum Gasteiger partial charge on any atom is -0.273 e. The van der Waals surface area contributed by atoms with E-state index in [4.69, 9.17) is 16.6 Å². The van der Waals surface area contributed by atoms with Gasteiger partial charge >= 0.3 is 0 Å². The van der Waals surface area contributed by atoms with Crippen molar-refractivity contribution in [3.63, 3.8) is 0 Å². The molecule has 4 aromatic rings. The maximum absolute atomic E-state index is 6.62. The van der Waals surface area contributed by atoms with E-state index in [1.165, 1.54) is 16.0 Å². The Hall–Kier alpha value is -2.76. The number of rotatable bonds is 6. The molecule has 0 bridgehead atoms. The van der Waals surface area contributed by atoms with Crippen LogP contribution in [0.5, 0.6) is 0 Å². The summed E-state index contributed by atoms with van der Waals surface area (Å²) in [6, 6.07) is 19.2. The average molecular weight is 489 g/mol. The lowest BCUT2D eigenvalue weighted by molar-refractivity contribution is 0.647. The van der Waals surface area contributed by atoms with Crippen LogP contribution < -0.4 is 0 Å². The van der Waals surface area contributed by atoms with Gasteiger partial charge in [-0.25, -0.2) is 0 Å². The molecule has 4 nitrogen and oxygen atoms in total. The third-order valence-electron chi connectivity index (χ3n) is 6.22. The van der Waals surface area contributed by atoms with Gasteiger partial charge in [0.05, 0.1) is 5.71 Å². The van der Waals surface area contributed by atoms with Crippen molar-refractivity contribution < 1.29 is 0 Å². The fourth-order valence-electron chi connectivity index (χ4n) is 4.56. The first-order valence-electron chi connectivity index (χ1n) is 11.9. The van der Waals surface area contributed by atoms with Crippen LogP contribution in [0.15, 0.2) is 59.6 Å². The third kappa shape index (κ3) is 4.47. The van der Waals surface area contributed by atoms with Gasteiger partial charge in [0.15, 0.2) is 5.82 Å². The van der Waals surface area contributed by atoms with Gasteiger partial charge in [-0.15, -0.1) is 21.5 Å². The van der Waals surface area contributed by atoms with Crippen molar-refractivity contribution in [2.24, 2.45) is 10.9 Å². The summed E-state index contributed by atoms with van der Waals surface area (Å²) in [4.78, 5) is 6.41. The van der Waals surface area contributed by atoms with Crippen LogP contribution in [0.4, 0.5) is 0 Å². The summed E-state index contributed by atoms with van der Waals surface area (Å²) in [6.45, 7) is 8.60. The van der Waals surface area contributed by atoms with Crippen LogP contribution in [-0.4, -0.2) is 20.5 Å². The molecule has 0 fully saturated rings. The molecule has 1 atom stereocenters. The normalized spacial score (nSPS) is 15.1. The Balaban J connectivity index is 1.50. The largest absolute Gasteiger partial charge is 0.273 e. The molecule has 0 amide bonds. The molecular weight excluding hydrogens is 460 g/mol. The third-order valence-corrected chi connectivity index (χ3v) is 7.73. The van der Waals surface area contributed by atoms with Crippen LogP contribution in [0, 0.1) is 12.8 Å². The molecule has 3 heterocycles. The zero-order valence-electron chi connectivity index (χ0n) is 20.0. The Kier molecular flexibility index (Phi) is 6.41. The second-order valence-electron chi connectivity index (χ2n) is 9.42. The van der Waals surface area contributed by atoms with Crippen molar-refractivity contribution in [2.75, 3.05) is 0 Å². The molecular formula is C28H29ClN4S. The van der Waals surface area contributed by atoms with E-state index in [0.29, 0.717) is 10.9 Å². The van der Waals surface area contributed by atoms with Gasteiger partial charge in [-0.3, -0.25) is 9.56 Å². The number of nitrogens with zero attached hydrogens (tertiary/aromatic N) is 4. The van der Waals surface area contributed by atoms with E-state index in [1.807, 2.05) is 31.2 Å². The van der Waals surface area contributed by atoms with E-state index < -0.39 is 0 Å². The molecule has 2 aromatic heterocycles. The summed E-state index contributed by atoms with van der Waals surface area (Å²) >= 11 is 8.43. The molecule has 34 heavy (non-hydrogen) atoms. The molecule has 6 heteroatoms. The number of thiophene rings is 1. The van der Waals surface area contributed by atoms with Crippen LogP contribution in [0.3, 0.4) is 0 Å². The summed E-state index contributed by atoms with van der Waals surface area (Å²) in [5.74, 6) is 2.43. The minimum atomic E-state index is -0.111. The number of hydrogen-bond acceptors (Lipinski definition) is 4. The van der Waals surface area contributed by atoms with Crippen LogP contribution >= 0.6 is 22.9 Å². The highest BCUT2D eigenvalue weighted by atomic mass is 35.5. The lowest BCUT2D eigenvalue weighted by atomic mass is 10.00. The fourth-order valence-corrected chi connectivity index (χ4v) is 6.00. The highest BCUT2D eigenvalue weighted by molar-refractivity contribution is 7.15. The van der Waals surface area contributed by atoms with E-state index >= 15 is 0 Å². The Labute approximate surface area is 210 Å². The lowest BCUT2D eigenvalue weighted by Gasteiger charge is -2.09. The Morgan fingerprint density at radius 1 is 0.971 bits per heavy atom. The zero-order chi connectivity index (χ0) is 23.8. The monoisotopic (exact) mass is 488 g/mol. The Bertz CT molecular complexity index is 1350. The minimum absolute atomic E-state index is 0.111. The highest BCUT2D eigenvalue weighted by Gasteiger charge is 2.28. The van der Waals surface area contributed by atoms with Gasteiger partial charge in [-0.05, 0) is 62.3 Å². The zero-order valence-corrected chi connectivity index (χ0v) is 21.6. The van der Waals surface area contributed by atoms with E-state index in [2.05, 4.69) is 65.9 Å². The number of fused-ring (bicyclic) bond motifs is 3. The molecule has 1 aliphatic heterocycles. The fraction of sp³-hybridized carbons (Fsp3) is 0.321. The lowest BCUT2D eigenvalue weighted by Crippen LogP contribution is -2.05. The van der Waals surface area contributed by atoms with Gasteiger partial charge < -0.3 is 0 Å². The summed E-state index contributed by atoms with van der Waals surface area (Å²) in [7, 11) is 0. The number of hydrogen-bond donors (Lipinski definition) is 0. The molecule has 0 radical (unpaired) electrons. The van der Waals surface area contributed by atoms with Crippen molar-refractivity contribution in [2.45, 2.75) is 53.0 Å². The molecule has 0 saturated heterocycles. The van der Waals surface area contributed by atoms with Gasteiger partial charge in [0.25, 0.3) is 0 Å². The molecule has 0 aliphatic carbocycles. The summed E-state index contributed by atoms with van der Waals surface area (Å²) in [6.07, 6.45) is 3.11. The molecule has 1 aliphatic rings. The van der Waals surface area contributed by atoms with Crippen molar-refractivity contribution in [1.82, 2.24) is 14.8 Å². The van der Waals surface area contributed by atoms with Gasteiger partial charge in [0.2, 0.25) is 0 Å². The first-order valence-corrected chi connectivity index (χ1v) is 13.1. The first kappa shape index (κ1) is 23.0. The molecule has 0 saturated carbocycles. The van der Waals surface area contributed by atoms with Crippen molar-refractivity contribution in [1.29, 1.82) is 0 Å². The van der Waals surface area contributed by atoms with E-state index in [1.54, 1.807) is 11.3 Å². The Morgan fingerprint density at radius 3 is 2.44 bits per heavy atom. The van der Waals surface area contributed by atoms with Crippen LogP contribution in [-0.2, 0) is 19.3 Å². The highest BCUT2D eigenvalue weighted by Crippen LogP contribution is 2.37. The Morgan fingerprint density at radius 2 is 1.71 bits per heavy atom. The number of benzene rings is 2. The number of aromatic nitrogens is 3. The van der Waals surface area contributed by atoms with Crippen LogP contribution in [0.2, 0.25) is 5.02 Å². The molecule has 5 rings (SSSR count). The summed E-state index contributed by atoms with van der Waals surface area (Å²) in [5.41, 5.74) is 5.77. The second kappa shape index (κ2) is 9.47. The first-order chi connectivity index (χ1) is 16.4. The second-order valence-corrected chi connectivity index (χ2v) is 10.9. The van der Waals surface area contributed by atoms with E-state index in [9.17, 15) is 0 Å². The van der Waals surface area contributed by atoms with Gasteiger partial charge in [-0.1, -0.05) is 67.9 Å². The molecule has 174 valence electrons. The predicted octanol–water partition coefficient (Wildman–Crippen LogP) is 7.19. The van der Waals surface area contributed by atoms with Crippen LogP contribution in [0.1, 0.15) is 65.6 Å². The van der Waals surface area contributed by atoms with E-state index in [0.717, 1.165) is 52.8 Å². The standard InChI is InChI=1S/C28H29ClN4S/c1-17(2)15-21-11-9-20(10-12-21)13-14-22-16-24-26(23-7-5-6-8-25(23)29)30-18(3)27-32-31-19(4)33(27)28(24)34-22/h5-12,16-18H,13-15H2,1-4H3/t18-/m1/s1. The summed E-state index contributed by atoms with van der Waals surface area (Å²) in [5, 5.41) is 10.7. The molecule has 0 spiro atoms. The smallest absolute Gasteiger partial charge is 0.162 e. The quantitative estimate of drug-likeness (QED) is 0.288. The maximum atomic E-state index is 6.62. The number of aryl methyl sites for hydroxylation is 3. The van der Waals surface area contributed by atoms with Crippen LogP contribution in [0.25, 0.3) is 5.00 Å². The van der Waals surface area contributed by atoms with Gasteiger partial charge in [-0.2, -0.15) is 0 Å². The number of halogens is 1. The molecule has 0 N–H and O–H groups in total. The van der Waals surface area contributed by atoms with Gasteiger partial charge in [0.1, 0.15) is 16.9 Å². The topological polar surface area (TPSA) is 43.1 Å². The van der Waals surface area contributed by atoms with Crippen molar-refractivity contribution in [3.05, 3.63) is 98.4 Å². The SMILES string of the molecule is Cc1nnc2n1-c1sc(CCc3ccc(CC(C)C)cc3)cc1C(c1ccccc1Cl)=N[C@@H]2C. The van der Waals surface area contributed by atoms with E-state index in [-0.39, 0.29) is 6.04 Å². The van der Waals surface area contributed by atoms with Crippen molar-refractivity contribution in [3.8, 4) is 5.00 Å². The summed E-state index contributed by atoms with van der Waals surface area (Å²) < 4.78 is 2.17. The molecule has 0 unspecified atom stereocenters. The maximum Gasteiger partial charge on any atom is 0.162 e. The number of aliphatic imine (C=N–C) groups is 1. The van der Waals surface area contributed by atoms with Crippen molar-refractivity contribution >= 4 is 28.6 Å². The average Bonchev–Trinajstić information content (AvgIpc) is 3.37. The molecule has 2 aromatic carbocycles. The predicted molar refractivity (Wildman–Crippen MR) is 142 cm³/mol.